The summed E-state index contributed by atoms with van der Waals surface area (Å²) in [6.45, 7) is 5.75. The molecule has 0 fully saturated rings. The molecule has 1 aromatic rings. The second kappa shape index (κ2) is 4.31. The third kappa shape index (κ3) is 1.99. The first-order chi connectivity index (χ1) is 7.65. The first kappa shape index (κ1) is 11.2. The summed E-state index contributed by atoms with van der Waals surface area (Å²) < 4.78 is 11.2. The van der Waals surface area contributed by atoms with Crippen LogP contribution in [0.1, 0.15) is 19.4 Å². The molecule has 0 amide bonds. The fraction of sp³-hybridized carbons (Fsp3) is 0.500. The first-order valence-electron chi connectivity index (χ1n) is 5.36. The lowest BCUT2D eigenvalue weighted by Gasteiger charge is -2.29. The van der Waals surface area contributed by atoms with Gasteiger partial charge in [-0.3, -0.25) is 0 Å². The van der Waals surface area contributed by atoms with Crippen LogP contribution in [0.5, 0.6) is 11.5 Å². The van der Waals surface area contributed by atoms with Crippen LogP contribution in [0.3, 0.4) is 0 Å². The molecule has 0 saturated carbocycles. The van der Waals surface area contributed by atoms with Crippen LogP contribution in [0, 0.1) is 0 Å². The Morgan fingerprint density at radius 2 is 2.06 bits per heavy atom. The van der Waals surface area contributed by atoms with Gasteiger partial charge in [-0.05, 0) is 6.07 Å². The molecule has 1 aromatic carbocycles. The molecule has 4 nitrogen and oxygen atoms in total. The maximum absolute atomic E-state index is 5.67. The van der Waals surface area contributed by atoms with Gasteiger partial charge in [0.25, 0.3) is 0 Å². The molecule has 0 aromatic heterocycles. The Hall–Kier alpha value is -1.26. The van der Waals surface area contributed by atoms with Crippen LogP contribution in [0.2, 0.25) is 0 Å². The number of benzene rings is 1. The SMILES string of the molecule is CC(C)(CON)c1cccc2c1OCCO2. The van der Waals surface area contributed by atoms with Crippen LogP contribution >= 0.6 is 0 Å². The first-order valence-corrected chi connectivity index (χ1v) is 5.36. The van der Waals surface area contributed by atoms with Crippen LogP contribution in [-0.4, -0.2) is 19.8 Å². The van der Waals surface area contributed by atoms with Gasteiger partial charge in [0.15, 0.2) is 11.5 Å². The number of rotatable bonds is 3. The van der Waals surface area contributed by atoms with Gasteiger partial charge in [0.05, 0.1) is 6.61 Å². The zero-order valence-corrected chi connectivity index (χ0v) is 9.66. The Labute approximate surface area is 95.2 Å². The Kier molecular flexibility index (Phi) is 3.03. The van der Waals surface area contributed by atoms with Crippen LogP contribution < -0.4 is 15.4 Å². The van der Waals surface area contributed by atoms with E-state index in [1.165, 1.54) is 0 Å². The number of nitrogens with two attached hydrogens (primary N) is 1. The summed E-state index contributed by atoms with van der Waals surface area (Å²) in [6, 6.07) is 5.89. The molecule has 4 heteroatoms. The molecule has 0 unspecified atom stereocenters. The summed E-state index contributed by atoms with van der Waals surface area (Å²) in [6.07, 6.45) is 0. The molecule has 2 N–H and O–H groups in total. The monoisotopic (exact) mass is 223 g/mol. The molecule has 0 bridgehead atoms. The highest BCUT2D eigenvalue weighted by Gasteiger charge is 2.28. The third-order valence-corrected chi connectivity index (χ3v) is 2.74. The highest BCUT2D eigenvalue weighted by Crippen LogP contribution is 2.40. The van der Waals surface area contributed by atoms with Gasteiger partial charge >= 0.3 is 0 Å². The van der Waals surface area contributed by atoms with Gasteiger partial charge in [-0.25, -0.2) is 5.90 Å². The van der Waals surface area contributed by atoms with E-state index in [-0.39, 0.29) is 5.41 Å². The van der Waals surface area contributed by atoms with Crippen molar-refractivity contribution in [1.29, 1.82) is 0 Å². The number of fused-ring (bicyclic) bond motifs is 1. The Morgan fingerprint density at radius 3 is 2.81 bits per heavy atom. The number of para-hydroxylation sites is 1. The van der Waals surface area contributed by atoms with Crippen LogP contribution in [0.25, 0.3) is 0 Å². The lowest BCUT2D eigenvalue weighted by Crippen LogP contribution is -2.28. The van der Waals surface area contributed by atoms with Crippen molar-refractivity contribution in [2.45, 2.75) is 19.3 Å². The molecule has 0 atom stereocenters. The van der Waals surface area contributed by atoms with Gasteiger partial charge in [-0.15, -0.1) is 0 Å². The molecular formula is C12H17NO3. The predicted octanol–water partition coefficient (Wildman–Crippen LogP) is 1.63. The molecule has 1 aliphatic heterocycles. The van der Waals surface area contributed by atoms with Crippen molar-refractivity contribution in [3.63, 3.8) is 0 Å². The van der Waals surface area contributed by atoms with E-state index in [1.54, 1.807) is 0 Å². The molecule has 88 valence electrons. The van der Waals surface area contributed by atoms with E-state index in [9.17, 15) is 0 Å². The smallest absolute Gasteiger partial charge is 0.165 e. The molecule has 1 heterocycles. The standard InChI is InChI=1S/C12H17NO3/c1-12(2,8-16-13)9-4-3-5-10-11(9)15-7-6-14-10/h3-5H,6-8,13H2,1-2H3. The number of hydrogen-bond donors (Lipinski definition) is 1. The van der Waals surface area contributed by atoms with Crippen LogP contribution in [0.15, 0.2) is 18.2 Å². The topological polar surface area (TPSA) is 53.7 Å². The van der Waals surface area contributed by atoms with Crippen molar-refractivity contribution >= 4 is 0 Å². The Bertz CT molecular complexity index is 377. The minimum Gasteiger partial charge on any atom is -0.486 e. The summed E-state index contributed by atoms with van der Waals surface area (Å²) >= 11 is 0. The van der Waals surface area contributed by atoms with E-state index >= 15 is 0 Å². The van der Waals surface area contributed by atoms with Gasteiger partial charge in [-0.2, -0.15) is 0 Å². The predicted molar refractivity (Wildman–Crippen MR) is 60.6 cm³/mol. The van der Waals surface area contributed by atoms with Crippen molar-refractivity contribution in [3.8, 4) is 11.5 Å². The van der Waals surface area contributed by atoms with Crippen molar-refractivity contribution in [3.05, 3.63) is 23.8 Å². The fourth-order valence-corrected chi connectivity index (χ4v) is 1.89. The lowest BCUT2D eigenvalue weighted by atomic mass is 9.84. The molecule has 0 aliphatic carbocycles. The molecule has 16 heavy (non-hydrogen) atoms. The maximum Gasteiger partial charge on any atom is 0.165 e. The van der Waals surface area contributed by atoms with Gasteiger partial charge in [0, 0.05) is 11.0 Å². The zero-order valence-electron chi connectivity index (χ0n) is 9.66. The van der Waals surface area contributed by atoms with Crippen LogP contribution in [0.4, 0.5) is 0 Å². The third-order valence-electron chi connectivity index (χ3n) is 2.74. The van der Waals surface area contributed by atoms with Gasteiger partial charge in [0.2, 0.25) is 0 Å². The van der Waals surface area contributed by atoms with E-state index in [0.717, 1.165) is 17.1 Å². The van der Waals surface area contributed by atoms with Gasteiger partial charge < -0.3 is 14.3 Å². The Morgan fingerprint density at radius 1 is 1.31 bits per heavy atom. The van der Waals surface area contributed by atoms with E-state index in [1.807, 2.05) is 18.2 Å². The molecule has 0 spiro atoms. The lowest BCUT2D eigenvalue weighted by molar-refractivity contribution is 0.0929. The minimum absolute atomic E-state index is 0.194. The summed E-state index contributed by atoms with van der Waals surface area (Å²) in [4.78, 5) is 4.76. The van der Waals surface area contributed by atoms with Gasteiger partial charge in [-0.1, -0.05) is 26.0 Å². The number of hydrogen-bond acceptors (Lipinski definition) is 4. The fourth-order valence-electron chi connectivity index (χ4n) is 1.89. The highest BCUT2D eigenvalue weighted by molar-refractivity contribution is 5.50. The molecule has 0 radical (unpaired) electrons. The Balaban J connectivity index is 2.40. The quantitative estimate of drug-likeness (QED) is 0.791. The molecule has 2 rings (SSSR count). The zero-order chi connectivity index (χ0) is 11.6. The molecular weight excluding hydrogens is 206 g/mol. The summed E-state index contributed by atoms with van der Waals surface area (Å²) in [7, 11) is 0. The summed E-state index contributed by atoms with van der Waals surface area (Å²) in [5, 5.41) is 0. The minimum atomic E-state index is -0.194. The number of ether oxygens (including phenoxy) is 2. The normalized spacial score (nSPS) is 14.9. The average molecular weight is 223 g/mol. The largest absolute Gasteiger partial charge is 0.486 e. The van der Waals surface area contributed by atoms with Crippen molar-refractivity contribution < 1.29 is 14.3 Å². The van der Waals surface area contributed by atoms with Gasteiger partial charge in [0.1, 0.15) is 13.2 Å². The van der Waals surface area contributed by atoms with Crippen molar-refractivity contribution in [2.75, 3.05) is 19.8 Å². The summed E-state index contributed by atoms with van der Waals surface area (Å²) in [5.74, 6) is 6.77. The molecule has 1 aliphatic rings. The average Bonchev–Trinajstić information content (AvgIpc) is 2.28. The second-order valence-corrected chi connectivity index (χ2v) is 4.52. The van der Waals surface area contributed by atoms with E-state index in [2.05, 4.69) is 13.8 Å². The highest BCUT2D eigenvalue weighted by atomic mass is 16.6. The van der Waals surface area contributed by atoms with E-state index in [4.69, 9.17) is 20.2 Å². The van der Waals surface area contributed by atoms with Crippen molar-refractivity contribution in [2.24, 2.45) is 5.90 Å². The van der Waals surface area contributed by atoms with Crippen molar-refractivity contribution in [1.82, 2.24) is 0 Å². The van der Waals surface area contributed by atoms with E-state index < -0.39 is 0 Å². The van der Waals surface area contributed by atoms with E-state index in [0.29, 0.717) is 19.8 Å². The summed E-state index contributed by atoms with van der Waals surface area (Å²) in [5.41, 5.74) is 0.871. The van der Waals surface area contributed by atoms with Crippen LogP contribution in [-0.2, 0) is 10.3 Å². The maximum atomic E-state index is 5.67. The molecule has 0 saturated heterocycles. The second-order valence-electron chi connectivity index (χ2n) is 4.52.